The van der Waals surface area contributed by atoms with Crippen molar-refractivity contribution in [1.29, 1.82) is 0 Å². The van der Waals surface area contributed by atoms with Crippen LogP contribution in [0.3, 0.4) is 0 Å². The number of benzene rings is 3. The Bertz CT molecular complexity index is 1180. The molecule has 28 heavy (non-hydrogen) atoms. The van der Waals surface area contributed by atoms with E-state index in [9.17, 15) is 0 Å². The minimum atomic E-state index is 0.958. The number of nitrogens with one attached hydrogen (secondary N) is 1. The Morgan fingerprint density at radius 1 is 0.893 bits per heavy atom. The van der Waals surface area contributed by atoms with E-state index in [-0.39, 0.29) is 0 Å². The van der Waals surface area contributed by atoms with Crippen molar-refractivity contribution in [3.8, 4) is 5.69 Å². The zero-order valence-electron chi connectivity index (χ0n) is 16.7. The summed E-state index contributed by atoms with van der Waals surface area (Å²) in [6, 6.07) is 20.9. The molecule has 0 aliphatic carbocycles. The maximum Gasteiger partial charge on any atom is 0.0689 e. The Balaban J connectivity index is 1.63. The molecule has 0 aliphatic heterocycles. The van der Waals surface area contributed by atoms with Crippen LogP contribution in [0.2, 0.25) is 0 Å². The fraction of sp³-hybridized carbons (Fsp3) is 0.167. The number of aromatic nitrogens is 2. The Morgan fingerprint density at radius 3 is 2.50 bits per heavy atom. The third-order valence-electron chi connectivity index (χ3n) is 5.25. The molecule has 4 rings (SSSR count). The van der Waals surface area contributed by atoms with Gasteiger partial charge in [0.25, 0.3) is 0 Å². The molecular formula is C24H24N4. The highest BCUT2D eigenvalue weighted by molar-refractivity contribution is 5.94. The summed E-state index contributed by atoms with van der Waals surface area (Å²) < 4.78 is 1.99. The van der Waals surface area contributed by atoms with Crippen molar-refractivity contribution in [3.63, 3.8) is 0 Å². The van der Waals surface area contributed by atoms with Crippen molar-refractivity contribution >= 4 is 22.7 Å². The number of hydrogen-bond donors (Lipinski definition) is 1. The molecule has 0 saturated carbocycles. The summed E-state index contributed by atoms with van der Waals surface area (Å²) in [5.41, 5.74) is 10.9. The third-order valence-corrected chi connectivity index (χ3v) is 5.25. The van der Waals surface area contributed by atoms with E-state index in [0.29, 0.717) is 0 Å². The Labute approximate surface area is 165 Å². The standard InChI is InChI=1S/C24H24N4/c1-16-12-13-21(14-17(16)2)28-19(4)23(18(3)27-28)15-25-26-24-11-7-9-20-8-5-6-10-22(20)24/h5-15,26H,1-4H3/b25-15-. The topological polar surface area (TPSA) is 42.2 Å². The maximum atomic E-state index is 4.72. The van der Waals surface area contributed by atoms with E-state index in [2.05, 4.69) is 67.7 Å². The second kappa shape index (κ2) is 7.31. The van der Waals surface area contributed by atoms with Gasteiger partial charge in [-0.1, -0.05) is 42.5 Å². The van der Waals surface area contributed by atoms with E-state index in [0.717, 1.165) is 33.7 Å². The van der Waals surface area contributed by atoms with E-state index in [1.54, 1.807) is 0 Å². The van der Waals surface area contributed by atoms with Crippen LogP contribution in [0.15, 0.2) is 65.8 Å². The lowest BCUT2D eigenvalue weighted by atomic mass is 10.1. The molecule has 140 valence electrons. The number of nitrogens with zero attached hydrogens (tertiary/aromatic N) is 3. The minimum absolute atomic E-state index is 0.958. The van der Waals surface area contributed by atoms with Crippen LogP contribution >= 0.6 is 0 Å². The van der Waals surface area contributed by atoms with Gasteiger partial charge in [0.05, 0.1) is 29.0 Å². The first-order valence-corrected chi connectivity index (χ1v) is 9.45. The van der Waals surface area contributed by atoms with Crippen molar-refractivity contribution < 1.29 is 0 Å². The molecule has 0 aliphatic rings. The number of rotatable bonds is 4. The molecular weight excluding hydrogens is 344 g/mol. The van der Waals surface area contributed by atoms with Crippen molar-refractivity contribution in [1.82, 2.24) is 9.78 Å². The van der Waals surface area contributed by atoms with Crippen molar-refractivity contribution in [2.45, 2.75) is 27.7 Å². The van der Waals surface area contributed by atoms with Crippen LogP contribution in [0.4, 0.5) is 5.69 Å². The smallest absolute Gasteiger partial charge is 0.0689 e. The molecule has 1 N–H and O–H groups in total. The van der Waals surface area contributed by atoms with E-state index in [1.807, 2.05) is 42.1 Å². The highest BCUT2D eigenvalue weighted by atomic mass is 15.3. The summed E-state index contributed by atoms with van der Waals surface area (Å²) >= 11 is 0. The van der Waals surface area contributed by atoms with Gasteiger partial charge in [0.2, 0.25) is 0 Å². The largest absolute Gasteiger partial charge is 0.278 e. The summed E-state index contributed by atoms with van der Waals surface area (Å²) in [7, 11) is 0. The average Bonchev–Trinajstić information content (AvgIpc) is 2.98. The van der Waals surface area contributed by atoms with Crippen LogP contribution < -0.4 is 5.43 Å². The third kappa shape index (κ3) is 3.29. The molecule has 0 atom stereocenters. The summed E-state index contributed by atoms with van der Waals surface area (Å²) in [5, 5.41) is 11.6. The van der Waals surface area contributed by atoms with Crippen LogP contribution in [-0.4, -0.2) is 16.0 Å². The monoisotopic (exact) mass is 368 g/mol. The molecule has 0 radical (unpaired) electrons. The van der Waals surface area contributed by atoms with Gasteiger partial charge in [0.1, 0.15) is 0 Å². The highest BCUT2D eigenvalue weighted by Crippen LogP contribution is 2.23. The van der Waals surface area contributed by atoms with Crippen LogP contribution in [0.5, 0.6) is 0 Å². The Morgan fingerprint density at radius 2 is 1.68 bits per heavy atom. The molecule has 0 fully saturated rings. The van der Waals surface area contributed by atoms with Gasteiger partial charge >= 0.3 is 0 Å². The molecule has 0 spiro atoms. The zero-order valence-corrected chi connectivity index (χ0v) is 16.7. The lowest BCUT2D eigenvalue weighted by Gasteiger charge is -2.07. The Kier molecular flexibility index (Phi) is 4.70. The number of hydrazone groups is 1. The van der Waals surface area contributed by atoms with Gasteiger partial charge in [0, 0.05) is 10.9 Å². The zero-order chi connectivity index (χ0) is 19.7. The van der Waals surface area contributed by atoms with Crippen LogP contribution in [0.25, 0.3) is 16.5 Å². The number of fused-ring (bicyclic) bond motifs is 1. The van der Waals surface area contributed by atoms with Crippen LogP contribution in [0.1, 0.15) is 28.1 Å². The lowest BCUT2D eigenvalue weighted by molar-refractivity contribution is 0.832. The van der Waals surface area contributed by atoms with Gasteiger partial charge in [-0.25, -0.2) is 4.68 Å². The van der Waals surface area contributed by atoms with Gasteiger partial charge < -0.3 is 0 Å². The lowest BCUT2D eigenvalue weighted by Crippen LogP contribution is -2.00. The molecule has 0 amide bonds. The summed E-state index contributed by atoms with van der Waals surface area (Å²) in [6.07, 6.45) is 1.86. The van der Waals surface area contributed by atoms with E-state index < -0.39 is 0 Å². The molecule has 3 aromatic carbocycles. The summed E-state index contributed by atoms with van der Waals surface area (Å²) in [4.78, 5) is 0. The van der Waals surface area contributed by atoms with E-state index in [1.165, 1.54) is 16.5 Å². The first-order chi connectivity index (χ1) is 13.5. The first kappa shape index (κ1) is 18.0. The fourth-order valence-electron chi connectivity index (χ4n) is 3.44. The van der Waals surface area contributed by atoms with Crippen molar-refractivity contribution in [2.75, 3.05) is 5.43 Å². The first-order valence-electron chi connectivity index (χ1n) is 9.45. The molecule has 4 aromatic rings. The Hall–Kier alpha value is -3.40. The second-order valence-corrected chi connectivity index (χ2v) is 7.16. The molecule has 0 bridgehead atoms. The molecule has 4 nitrogen and oxygen atoms in total. The second-order valence-electron chi connectivity index (χ2n) is 7.16. The van der Waals surface area contributed by atoms with Crippen LogP contribution in [-0.2, 0) is 0 Å². The van der Waals surface area contributed by atoms with Crippen molar-refractivity contribution in [3.05, 3.63) is 88.7 Å². The molecule has 0 unspecified atom stereocenters. The maximum absolute atomic E-state index is 4.72. The SMILES string of the molecule is Cc1ccc(-n2nc(C)c(/C=N\Nc3cccc4ccccc34)c2C)cc1C. The number of aryl methyl sites for hydroxylation is 3. The molecule has 1 aromatic heterocycles. The predicted octanol–water partition coefficient (Wildman–Crippen LogP) is 5.71. The van der Waals surface area contributed by atoms with E-state index in [4.69, 9.17) is 5.10 Å². The minimum Gasteiger partial charge on any atom is -0.278 e. The molecule has 1 heterocycles. The molecule has 4 heteroatoms. The average molecular weight is 368 g/mol. The number of hydrogen-bond acceptors (Lipinski definition) is 3. The van der Waals surface area contributed by atoms with Gasteiger partial charge in [0.15, 0.2) is 0 Å². The van der Waals surface area contributed by atoms with Crippen LogP contribution in [0, 0.1) is 27.7 Å². The van der Waals surface area contributed by atoms with E-state index >= 15 is 0 Å². The number of anilines is 1. The van der Waals surface area contributed by atoms with Gasteiger partial charge in [-0.2, -0.15) is 10.2 Å². The predicted molar refractivity (Wildman–Crippen MR) is 118 cm³/mol. The summed E-state index contributed by atoms with van der Waals surface area (Å²) in [6.45, 7) is 8.34. The normalized spacial score (nSPS) is 11.4. The quantitative estimate of drug-likeness (QED) is 0.370. The fourth-order valence-corrected chi connectivity index (χ4v) is 3.44. The van der Waals surface area contributed by atoms with Crippen molar-refractivity contribution in [2.24, 2.45) is 5.10 Å². The van der Waals surface area contributed by atoms with Gasteiger partial charge in [-0.15, -0.1) is 0 Å². The highest BCUT2D eigenvalue weighted by Gasteiger charge is 2.11. The summed E-state index contributed by atoms with van der Waals surface area (Å²) in [5.74, 6) is 0. The van der Waals surface area contributed by atoms with Gasteiger partial charge in [-0.3, -0.25) is 5.43 Å². The van der Waals surface area contributed by atoms with Gasteiger partial charge in [-0.05, 0) is 62.4 Å². The molecule has 0 saturated heterocycles.